The van der Waals surface area contributed by atoms with Gasteiger partial charge >= 0.3 is 5.97 Å². The van der Waals surface area contributed by atoms with Crippen LogP contribution >= 0.6 is 0 Å². The van der Waals surface area contributed by atoms with E-state index in [1.807, 2.05) is 0 Å². The van der Waals surface area contributed by atoms with Crippen LogP contribution in [0.25, 0.3) is 0 Å². The first-order valence-corrected chi connectivity index (χ1v) is 10.8. The third-order valence-corrected chi connectivity index (χ3v) is 8.92. The molecule has 0 spiro atoms. The van der Waals surface area contributed by atoms with E-state index in [0.717, 1.165) is 0 Å². The number of rotatable bonds is 1. The summed E-state index contributed by atoms with van der Waals surface area (Å²) in [6.07, 6.45) is -7.84. The van der Waals surface area contributed by atoms with Gasteiger partial charge in [-0.3, -0.25) is 4.79 Å². The molecule has 0 aromatic heterocycles. The maximum absolute atomic E-state index is 12.2. The van der Waals surface area contributed by atoms with Crippen molar-refractivity contribution in [3.05, 3.63) is 11.1 Å². The van der Waals surface area contributed by atoms with Gasteiger partial charge in [0.25, 0.3) is 0 Å². The van der Waals surface area contributed by atoms with Crippen LogP contribution in [0.15, 0.2) is 11.1 Å². The molecule has 3 fully saturated rings. The van der Waals surface area contributed by atoms with Gasteiger partial charge in [0.2, 0.25) is 0 Å². The fourth-order valence-corrected chi connectivity index (χ4v) is 6.91. The highest BCUT2D eigenvalue weighted by molar-refractivity contribution is 5.66. The van der Waals surface area contributed by atoms with E-state index < -0.39 is 70.5 Å². The van der Waals surface area contributed by atoms with Gasteiger partial charge in [-0.05, 0) is 18.1 Å². The van der Waals surface area contributed by atoms with E-state index in [1.54, 1.807) is 20.8 Å². The largest absolute Gasteiger partial charge is 0.459 e. The topological polar surface area (TPSA) is 157 Å². The van der Waals surface area contributed by atoms with Gasteiger partial charge in [-0.25, -0.2) is 0 Å². The molecule has 1 saturated heterocycles. The standard InChI is InChI=1S/C22H34O9/c1-9-11(24)7-22(29)18(31-10(2)23)16-20(5,12(25)6-13-21(16,28)8-30-13)17(27)15(26)14(9)19(22,3)4/h11-13,15-18,24-29H,6-8H2,1-5H3/t11-,12-,13+,15+,16?,17+,18?,20+,21-,22+/m0/s1. The average Bonchev–Trinajstić information content (AvgIpc) is 2.66. The molecule has 6 N–H and O–H groups in total. The van der Waals surface area contributed by atoms with E-state index in [0.29, 0.717) is 5.57 Å². The Morgan fingerprint density at radius 3 is 2.26 bits per heavy atom. The predicted molar refractivity (Wildman–Crippen MR) is 107 cm³/mol. The number of ether oxygens (including phenoxy) is 2. The third-order valence-electron chi connectivity index (χ3n) is 8.92. The van der Waals surface area contributed by atoms with Crippen LogP contribution in [0, 0.1) is 16.7 Å². The van der Waals surface area contributed by atoms with Crippen molar-refractivity contribution in [1.82, 2.24) is 0 Å². The molecule has 4 rings (SSSR count). The Balaban J connectivity index is 2.05. The highest BCUT2D eigenvalue weighted by Gasteiger charge is 2.75. The number of carbonyl (C=O) groups is 1. The Kier molecular flexibility index (Phi) is 5.01. The molecule has 2 unspecified atom stereocenters. The first-order valence-electron chi connectivity index (χ1n) is 10.8. The van der Waals surface area contributed by atoms with E-state index in [-0.39, 0.29) is 25.0 Å². The summed E-state index contributed by atoms with van der Waals surface area (Å²) in [5.41, 5.74) is -5.65. The molecule has 0 amide bonds. The number of aliphatic hydroxyl groups is 6. The fraction of sp³-hybridized carbons (Fsp3) is 0.864. The van der Waals surface area contributed by atoms with E-state index in [1.165, 1.54) is 13.8 Å². The number of fused-ring (bicyclic) bond motifs is 5. The minimum absolute atomic E-state index is 0.0164. The molecule has 4 aliphatic rings. The van der Waals surface area contributed by atoms with Crippen molar-refractivity contribution in [2.45, 2.75) is 95.3 Å². The maximum Gasteiger partial charge on any atom is 0.303 e. The van der Waals surface area contributed by atoms with Crippen molar-refractivity contribution in [2.75, 3.05) is 6.61 Å². The number of carbonyl (C=O) groups excluding carboxylic acids is 1. The number of hydrogen-bond acceptors (Lipinski definition) is 9. The van der Waals surface area contributed by atoms with Gasteiger partial charge < -0.3 is 40.1 Å². The highest BCUT2D eigenvalue weighted by atomic mass is 16.6. The summed E-state index contributed by atoms with van der Waals surface area (Å²) in [6, 6.07) is 0. The Morgan fingerprint density at radius 2 is 1.74 bits per heavy atom. The number of hydrogen-bond donors (Lipinski definition) is 6. The summed E-state index contributed by atoms with van der Waals surface area (Å²) in [5, 5.41) is 68.4. The minimum atomic E-state index is -1.91. The summed E-state index contributed by atoms with van der Waals surface area (Å²) < 4.78 is 11.2. The Hall–Kier alpha value is -1.07. The molecule has 176 valence electrons. The van der Waals surface area contributed by atoms with Gasteiger partial charge in [-0.1, -0.05) is 20.8 Å². The van der Waals surface area contributed by atoms with Gasteiger partial charge in [0.1, 0.15) is 23.4 Å². The van der Waals surface area contributed by atoms with Crippen molar-refractivity contribution in [3.63, 3.8) is 0 Å². The summed E-state index contributed by atoms with van der Waals surface area (Å²) in [7, 11) is 0. The average molecular weight is 443 g/mol. The second-order valence-electron chi connectivity index (χ2n) is 10.7. The molecule has 9 heteroatoms. The monoisotopic (exact) mass is 442 g/mol. The zero-order valence-electron chi connectivity index (χ0n) is 18.6. The molecular formula is C22H34O9. The SMILES string of the molecule is CC(=O)OC1C2[C@](C)([C@H](O)[C@H](O)C3=C(C)[C@@H](O)C[C@]1(O)C3(C)C)[C@@H](O)C[C@H]1OC[C@@]21O. The summed E-state index contributed by atoms with van der Waals surface area (Å²) in [5.74, 6) is -1.89. The van der Waals surface area contributed by atoms with Crippen LogP contribution in [0.2, 0.25) is 0 Å². The molecule has 0 aromatic carbocycles. The molecular weight excluding hydrogens is 408 g/mol. The fourth-order valence-electron chi connectivity index (χ4n) is 6.91. The van der Waals surface area contributed by atoms with Crippen LogP contribution in [-0.2, 0) is 14.3 Å². The quantitative estimate of drug-likeness (QED) is 0.222. The highest BCUT2D eigenvalue weighted by Crippen LogP contribution is 2.63. The lowest BCUT2D eigenvalue weighted by Crippen LogP contribution is -2.81. The second kappa shape index (κ2) is 6.72. The molecule has 0 radical (unpaired) electrons. The zero-order valence-corrected chi connectivity index (χ0v) is 18.6. The molecule has 0 aromatic rings. The summed E-state index contributed by atoms with van der Waals surface area (Å²) >= 11 is 0. The molecule has 9 nitrogen and oxygen atoms in total. The molecule has 1 aliphatic heterocycles. The van der Waals surface area contributed by atoms with Crippen LogP contribution < -0.4 is 0 Å². The first-order chi connectivity index (χ1) is 14.1. The molecule has 1 heterocycles. The van der Waals surface area contributed by atoms with Crippen LogP contribution in [-0.4, -0.2) is 91.0 Å². The third kappa shape index (κ3) is 2.65. The second-order valence-corrected chi connectivity index (χ2v) is 10.7. The number of esters is 1. The Bertz CT molecular complexity index is 824. The smallest absolute Gasteiger partial charge is 0.303 e. The molecule has 31 heavy (non-hydrogen) atoms. The maximum atomic E-state index is 12.2. The minimum Gasteiger partial charge on any atom is -0.459 e. The normalized spacial score (nSPS) is 53.5. The van der Waals surface area contributed by atoms with Crippen molar-refractivity contribution < 1.29 is 44.9 Å². The molecule has 10 atom stereocenters. The van der Waals surface area contributed by atoms with E-state index >= 15 is 0 Å². The first kappa shape index (κ1) is 23.1. The van der Waals surface area contributed by atoms with Crippen LogP contribution in [0.1, 0.15) is 47.5 Å². The zero-order chi connectivity index (χ0) is 23.3. The Morgan fingerprint density at radius 1 is 1.13 bits per heavy atom. The predicted octanol–water partition coefficient (Wildman–Crippen LogP) is -0.991. The van der Waals surface area contributed by atoms with Crippen LogP contribution in [0.5, 0.6) is 0 Å². The Labute approximate surface area is 181 Å². The summed E-state index contributed by atoms with van der Waals surface area (Å²) in [6.45, 7) is 7.52. The molecule has 2 saturated carbocycles. The van der Waals surface area contributed by atoms with Crippen molar-refractivity contribution in [2.24, 2.45) is 16.7 Å². The lowest BCUT2D eigenvalue weighted by Gasteiger charge is -2.68. The number of aliphatic hydroxyl groups excluding tert-OH is 4. The van der Waals surface area contributed by atoms with Gasteiger partial charge in [0, 0.05) is 36.5 Å². The van der Waals surface area contributed by atoms with Crippen molar-refractivity contribution in [1.29, 1.82) is 0 Å². The lowest BCUT2D eigenvalue weighted by atomic mass is 9.44. The van der Waals surface area contributed by atoms with Crippen LogP contribution in [0.3, 0.4) is 0 Å². The van der Waals surface area contributed by atoms with Gasteiger partial charge in [-0.2, -0.15) is 0 Å². The van der Waals surface area contributed by atoms with E-state index in [4.69, 9.17) is 9.47 Å². The lowest BCUT2D eigenvalue weighted by molar-refractivity contribution is -0.365. The van der Waals surface area contributed by atoms with Crippen molar-refractivity contribution >= 4 is 5.97 Å². The summed E-state index contributed by atoms with van der Waals surface area (Å²) in [4.78, 5) is 12.2. The van der Waals surface area contributed by atoms with Crippen molar-refractivity contribution in [3.8, 4) is 0 Å². The van der Waals surface area contributed by atoms with Gasteiger partial charge in [-0.15, -0.1) is 0 Å². The molecule has 2 bridgehead atoms. The molecule has 3 aliphatic carbocycles. The van der Waals surface area contributed by atoms with Crippen LogP contribution in [0.4, 0.5) is 0 Å². The van der Waals surface area contributed by atoms with Gasteiger partial charge in [0.05, 0.1) is 31.0 Å². The van der Waals surface area contributed by atoms with E-state index in [9.17, 15) is 35.4 Å². The van der Waals surface area contributed by atoms with Gasteiger partial charge in [0.15, 0.2) is 0 Å². The van der Waals surface area contributed by atoms with E-state index in [2.05, 4.69) is 0 Å².